The molecule has 1 aromatic carbocycles. The van der Waals surface area contributed by atoms with Gasteiger partial charge in [-0.25, -0.2) is 0 Å². The standard InChI is InChI=1S/C35H59NO14/c1-3-8-38-9-10-39-11-12-40-13-14-41-15-16-42-17-18-43-19-20-44-21-22-45-23-24-46-25-26-47-27-28-48-29-30-49-31-32-50-35-6-4-34(5-7-35)36-33(2)37/h1,4-7H,8-32H2,2H3,(H,36,37). The van der Waals surface area contributed by atoms with Gasteiger partial charge in [0, 0.05) is 12.6 Å². The van der Waals surface area contributed by atoms with Crippen LogP contribution >= 0.6 is 0 Å². The number of anilines is 1. The molecule has 1 amide bonds. The number of terminal acetylenes is 1. The van der Waals surface area contributed by atoms with Crippen LogP contribution in [0.25, 0.3) is 0 Å². The summed E-state index contributed by atoms with van der Waals surface area (Å²) in [4.78, 5) is 11.0. The van der Waals surface area contributed by atoms with Crippen molar-refractivity contribution in [2.24, 2.45) is 0 Å². The molecule has 0 bridgehead atoms. The first-order valence-corrected chi connectivity index (χ1v) is 17.1. The summed E-state index contributed by atoms with van der Waals surface area (Å²) in [5.41, 5.74) is 0.730. The van der Waals surface area contributed by atoms with Crippen molar-refractivity contribution < 1.29 is 66.4 Å². The molecule has 1 aromatic rings. The first kappa shape index (κ1) is 45.6. The monoisotopic (exact) mass is 717 g/mol. The summed E-state index contributed by atoms with van der Waals surface area (Å²) in [5.74, 6) is 3.00. The minimum atomic E-state index is -0.110. The molecule has 0 aliphatic carbocycles. The van der Waals surface area contributed by atoms with Crippen LogP contribution in [0.5, 0.6) is 5.75 Å². The normalized spacial score (nSPS) is 11.1. The predicted octanol–water partition coefficient (Wildman–Crippen LogP) is 1.86. The SMILES string of the molecule is C#CCOCCOCCOCCOCCOCCOCCOCCOCCOCCOCCOCCOCCOc1ccc(NC(C)=O)cc1. The van der Waals surface area contributed by atoms with E-state index >= 15 is 0 Å². The highest BCUT2D eigenvalue weighted by molar-refractivity contribution is 5.88. The van der Waals surface area contributed by atoms with Crippen molar-refractivity contribution in [2.75, 3.05) is 170 Å². The van der Waals surface area contributed by atoms with Gasteiger partial charge >= 0.3 is 0 Å². The molecule has 15 heteroatoms. The quantitative estimate of drug-likeness (QED) is 0.0780. The lowest BCUT2D eigenvalue weighted by molar-refractivity contribution is -0.114. The van der Waals surface area contributed by atoms with Gasteiger partial charge in [-0.3, -0.25) is 4.79 Å². The molecule has 0 aliphatic heterocycles. The lowest BCUT2D eigenvalue weighted by Gasteiger charge is -2.09. The Labute approximate surface area is 297 Å². The number of carbonyl (C=O) groups is 1. The molecule has 0 fully saturated rings. The van der Waals surface area contributed by atoms with E-state index in [4.69, 9.17) is 68.0 Å². The molecular formula is C35H59NO14. The molecule has 0 saturated carbocycles. The molecule has 1 N–H and O–H groups in total. The largest absolute Gasteiger partial charge is 0.491 e. The number of nitrogens with one attached hydrogen (secondary N) is 1. The van der Waals surface area contributed by atoms with E-state index in [0.717, 1.165) is 5.69 Å². The van der Waals surface area contributed by atoms with Gasteiger partial charge in [0.25, 0.3) is 0 Å². The third-order valence-electron chi connectivity index (χ3n) is 5.95. The summed E-state index contributed by atoms with van der Waals surface area (Å²) < 4.78 is 70.7. The molecule has 0 heterocycles. The minimum absolute atomic E-state index is 0.110. The lowest BCUT2D eigenvalue weighted by Crippen LogP contribution is -2.15. The van der Waals surface area contributed by atoms with E-state index in [1.54, 1.807) is 24.3 Å². The number of carbonyl (C=O) groups excluding carboxylic acids is 1. The number of hydrogen-bond donors (Lipinski definition) is 1. The van der Waals surface area contributed by atoms with E-state index in [2.05, 4.69) is 11.2 Å². The van der Waals surface area contributed by atoms with Gasteiger partial charge in [0.05, 0.1) is 152 Å². The van der Waals surface area contributed by atoms with Gasteiger partial charge in [0.1, 0.15) is 19.0 Å². The summed E-state index contributed by atoms with van der Waals surface area (Å²) in [5, 5.41) is 2.71. The molecule has 0 radical (unpaired) electrons. The highest BCUT2D eigenvalue weighted by Crippen LogP contribution is 2.15. The van der Waals surface area contributed by atoms with E-state index in [-0.39, 0.29) is 5.91 Å². The van der Waals surface area contributed by atoms with E-state index in [9.17, 15) is 4.79 Å². The summed E-state index contributed by atoms with van der Waals surface area (Å²) in [6.45, 7) is 13.5. The van der Waals surface area contributed by atoms with Crippen molar-refractivity contribution in [3.8, 4) is 18.1 Å². The van der Waals surface area contributed by atoms with Crippen LogP contribution in [0.1, 0.15) is 6.92 Å². The molecule has 0 aromatic heterocycles. The maximum Gasteiger partial charge on any atom is 0.221 e. The second kappa shape index (κ2) is 37.8. The third kappa shape index (κ3) is 34.0. The third-order valence-corrected chi connectivity index (χ3v) is 5.95. The molecule has 0 unspecified atom stereocenters. The Morgan fingerprint density at radius 3 is 0.980 bits per heavy atom. The Balaban J connectivity index is 1.65. The van der Waals surface area contributed by atoms with Crippen LogP contribution in [0.15, 0.2) is 24.3 Å². The molecule has 288 valence electrons. The van der Waals surface area contributed by atoms with Gasteiger partial charge in [0.15, 0.2) is 0 Å². The van der Waals surface area contributed by atoms with Crippen LogP contribution in [0.4, 0.5) is 5.69 Å². The highest BCUT2D eigenvalue weighted by Gasteiger charge is 1.99. The first-order chi connectivity index (χ1) is 24.7. The summed E-state index contributed by atoms with van der Waals surface area (Å²) in [6.07, 6.45) is 5.08. The van der Waals surface area contributed by atoms with Crippen LogP contribution in [-0.4, -0.2) is 171 Å². The highest BCUT2D eigenvalue weighted by atomic mass is 16.6. The molecular weight excluding hydrogens is 658 g/mol. The maximum atomic E-state index is 11.0. The fourth-order valence-electron chi connectivity index (χ4n) is 3.61. The van der Waals surface area contributed by atoms with Crippen LogP contribution in [0.2, 0.25) is 0 Å². The van der Waals surface area contributed by atoms with Gasteiger partial charge < -0.3 is 66.9 Å². The summed E-state index contributed by atoms with van der Waals surface area (Å²) in [7, 11) is 0. The number of rotatable bonds is 39. The van der Waals surface area contributed by atoms with Gasteiger partial charge in [-0.1, -0.05) is 5.92 Å². The van der Waals surface area contributed by atoms with Crippen molar-refractivity contribution in [1.29, 1.82) is 0 Å². The zero-order chi connectivity index (χ0) is 35.8. The average Bonchev–Trinajstić information content (AvgIpc) is 3.11. The van der Waals surface area contributed by atoms with Crippen molar-refractivity contribution in [3.63, 3.8) is 0 Å². The first-order valence-electron chi connectivity index (χ1n) is 17.1. The minimum Gasteiger partial charge on any atom is -0.491 e. The topological polar surface area (TPSA) is 149 Å². The number of benzene rings is 1. The summed E-state index contributed by atoms with van der Waals surface area (Å²) >= 11 is 0. The number of hydrogen-bond acceptors (Lipinski definition) is 14. The molecule has 50 heavy (non-hydrogen) atoms. The lowest BCUT2D eigenvalue weighted by atomic mass is 10.3. The van der Waals surface area contributed by atoms with Crippen LogP contribution in [0.3, 0.4) is 0 Å². The van der Waals surface area contributed by atoms with Gasteiger partial charge in [-0.2, -0.15) is 0 Å². The van der Waals surface area contributed by atoms with Crippen molar-refractivity contribution in [2.45, 2.75) is 6.92 Å². The Kier molecular flexibility index (Phi) is 34.5. The Bertz CT molecular complexity index is 902. The van der Waals surface area contributed by atoms with Crippen LogP contribution in [0, 0.1) is 12.3 Å². The maximum absolute atomic E-state index is 11.0. The smallest absolute Gasteiger partial charge is 0.221 e. The van der Waals surface area contributed by atoms with Crippen molar-refractivity contribution in [1.82, 2.24) is 0 Å². The van der Waals surface area contributed by atoms with E-state index in [1.165, 1.54) is 6.92 Å². The average molecular weight is 718 g/mol. The van der Waals surface area contributed by atoms with E-state index in [0.29, 0.717) is 171 Å². The number of ether oxygens (including phenoxy) is 13. The second-order valence-electron chi connectivity index (χ2n) is 10.0. The van der Waals surface area contributed by atoms with Crippen molar-refractivity contribution >= 4 is 11.6 Å². The molecule has 0 atom stereocenters. The molecule has 1 rings (SSSR count). The zero-order valence-corrected chi connectivity index (χ0v) is 29.8. The molecule has 15 nitrogen and oxygen atoms in total. The zero-order valence-electron chi connectivity index (χ0n) is 29.8. The van der Waals surface area contributed by atoms with Gasteiger partial charge in [-0.05, 0) is 24.3 Å². The van der Waals surface area contributed by atoms with Crippen molar-refractivity contribution in [3.05, 3.63) is 24.3 Å². The molecule has 0 aliphatic rings. The number of amides is 1. The predicted molar refractivity (Wildman–Crippen MR) is 185 cm³/mol. The van der Waals surface area contributed by atoms with Crippen LogP contribution < -0.4 is 10.1 Å². The fraction of sp³-hybridized carbons (Fsp3) is 0.743. The Hall–Kier alpha value is -2.43. The Morgan fingerprint density at radius 1 is 0.460 bits per heavy atom. The van der Waals surface area contributed by atoms with Crippen LogP contribution in [-0.2, 0) is 61.6 Å². The second-order valence-corrected chi connectivity index (χ2v) is 10.0. The van der Waals surface area contributed by atoms with E-state index in [1.807, 2.05) is 0 Å². The van der Waals surface area contributed by atoms with Gasteiger partial charge in [-0.15, -0.1) is 6.42 Å². The van der Waals surface area contributed by atoms with Gasteiger partial charge in [0.2, 0.25) is 5.91 Å². The molecule has 0 saturated heterocycles. The summed E-state index contributed by atoms with van der Waals surface area (Å²) in [6, 6.07) is 7.17. The Morgan fingerprint density at radius 2 is 0.720 bits per heavy atom. The molecule has 0 spiro atoms. The fourth-order valence-corrected chi connectivity index (χ4v) is 3.61. The van der Waals surface area contributed by atoms with E-state index < -0.39 is 0 Å².